The predicted molar refractivity (Wildman–Crippen MR) is 91.2 cm³/mol. The summed E-state index contributed by atoms with van der Waals surface area (Å²) in [7, 11) is 0. The summed E-state index contributed by atoms with van der Waals surface area (Å²) in [6.45, 7) is 1.88. The molecule has 5 heteroatoms. The molecule has 4 rings (SSSR count). The third kappa shape index (κ3) is 2.32. The van der Waals surface area contributed by atoms with Crippen LogP contribution in [-0.4, -0.2) is 19.7 Å². The van der Waals surface area contributed by atoms with Crippen molar-refractivity contribution < 1.29 is 0 Å². The number of pyridine rings is 1. The van der Waals surface area contributed by atoms with Gasteiger partial charge in [0.05, 0.1) is 11.2 Å². The molecule has 0 saturated carbocycles. The smallest absolute Gasteiger partial charge is 0.163 e. The van der Waals surface area contributed by atoms with E-state index in [0.717, 1.165) is 28.0 Å². The Kier molecular flexibility index (Phi) is 3.05. The maximum absolute atomic E-state index is 5.91. The van der Waals surface area contributed by atoms with E-state index in [0.29, 0.717) is 11.5 Å². The molecule has 0 atom stereocenters. The van der Waals surface area contributed by atoms with Gasteiger partial charge in [-0.15, -0.1) is 0 Å². The third-order valence-electron chi connectivity index (χ3n) is 3.70. The average molecular weight is 301 g/mol. The first-order valence-corrected chi connectivity index (χ1v) is 7.36. The molecule has 0 bridgehead atoms. The second kappa shape index (κ2) is 5.21. The Labute approximate surface area is 133 Å². The molecule has 2 N–H and O–H groups in total. The standard InChI is InChI=1S/C18H15N5/c1-12-21-18(14-6-2-8-15(19)11-14)23(22-12)16-9-3-5-13-7-4-10-20-17(13)16/h2-11H,19H2,1H3. The molecule has 0 aliphatic heterocycles. The molecular weight excluding hydrogens is 286 g/mol. The minimum atomic E-state index is 0.700. The number of anilines is 1. The number of para-hydroxylation sites is 1. The highest BCUT2D eigenvalue weighted by molar-refractivity contribution is 5.86. The lowest BCUT2D eigenvalue weighted by Gasteiger charge is -2.09. The van der Waals surface area contributed by atoms with Crippen LogP contribution in [0.5, 0.6) is 0 Å². The first-order valence-electron chi connectivity index (χ1n) is 7.36. The fourth-order valence-electron chi connectivity index (χ4n) is 2.71. The second-order valence-corrected chi connectivity index (χ2v) is 5.37. The van der Waals surface area contributed by atoms with E-state index in [1.54, 1.807) is 6.20 Å². The normalized spacial score (nSPS) is 11.0. The number of nitrogen functional groups attached to an aromatic ring is 1. The van der Waals surface area contributed by atoms with Gasteiger partial charge in [0, 0.05) is 22.8 Å². The van der Waals surface area contributed by atoms with Gasteiger partial charge in [0.15, 0.2) is 5.82 Å². The minimum Gasteiger partial charge on any atom is -0.399 e. The van der Waals surface area contributed by atoms with Crippen LogP contribution in [0.3, 0.4) is 0 Å². The fraction of sp³-hybridized carbons (Fsp3) is 0.0556. The Hall–Kier alpha value is -3.21. The van der Waals surface area contributed by atoms with Gasteiger partial charge in [-0.05, 0) is 31.2 Å². The molecule has 0 saturated heterocycles. The summed E-state index contributed by atoms with van der Waals surface area (Å²) < 4.78 is 1.83. The molecule has 0 fully saturated rings. The van der Waals surface area contributed by atoms with Gasteiger partial charge in [0.1, 0.15) is 5.82 Å². The Balaban J connectivity index is 1.99. The van der Waals surface area contributed by atoms with E-state index < -0.39 is 0 Å². The number of nitrogens with two attached hydrogens (primary N) is 1. The van der Waals surface area contributed by atoms with Gasteiger partial charge in [0.2, 0.25) is 0 Å². The molecule has 0 aliphatic rings. The topological polar surface area (TPSA) is 69.6 Å². The number of rotatable bonds is 2. The third-order valence-corrected chi connectivity index (χ3v) is 3.70. The number of nitrogens with zero attached hydrogens (tertiary/aromatic N) is 4. The summed E-state index contributed by atoms with van der Waals surface area (Å²) in [5.41, 5.74) is 9.34. The largest absolute Gasteiger partial charge is 0.399 e. The zero-order valence-corrected chi connectivity index (χ0v) is 12.6. The van der Waals surface area contributed by atoms with Gasteiger partial charge < -0.3 is 5.73 Å². The predicted octanol–water partition coefficient (Wildman–Crippen LogP) is 3.37. The monoisotopic (exact) mass is 301 g/mol. The molecule has 23 heavy (non-hydrogen) atoms. The number of hydrogen-bond acceptors (Lipinski definition) is 4. The Morgan fingerprint density at radius 2 is 1.83 bits per heavy atom. The molecule has 0 radical (unpaired) electrons. The minimum absolute atomic E-state index is 0.700. The van der Waals surface area contributed by atoms with E-state index >= 15 is 0 Å². The van der Waals surface area contributed by atoms with Crippen LogP contribution in [0.15, 0.2) is 60.8 Å². The summed E-state index contributed by atoms with van der Waals surface area (Å²) in [5.74, 6) is 1.46. The number of aromatic nitrogens is 4. The van der Waals surface area contributed by atoms with Crippen LogP contribution in [0, 0.1) is 6.92 Å². The van der Waals surface area contributed by atoms with Crippen molar-refractivity contribution in [3.05, 3.63) is 66.6 Å². The van der Waals surface area contributed by atoms with E-state index in [9.17, 15) is 0 Å². The Morgan fingerprint density at radius 3 is 2.70 bits per heavy atom. The molecule has 0 aliphatic carbocycles. The van der Waals surface area contributed by atoms with Crippen molar-refractivity contribution in [2.24, 2.45) is 0 Å². The van der Waals surface area contributed by atoms with Crippen LogP contribution < -0.4 is 5.73 Å². The lowest BCUT2D eigenvalue weighted by Crippen LogP contribution is -2.02. The highest BCUT2D eigenvalue weighted by atomic mass is 15.4. The second-order valence-electron chi connectivity index (χ2n) is 5.37. The Bertz CT molecular complexity index is 998. The van der Waals surface area contributed by atoms with Crippen LogP contribution in [0.1, 0.15) is 5.82 Å². The molecular formula is C18H15N5. The first kappa shape index (κ1) is 13.5. The molecule has 4 aromatic rings. The van der Waals surface area contributed by atoms with Crippen LogP contribution in [0.2, 0.25) is 0 Å². The van der Waals surface area contributed by atoms with Crippen LogP contribution in [0.25, 0.3) is 28.0 Å². The van der Waals surface area contributed by atoms with Gasteiger partial charge >= 0.3 is 0 Å². The summed E-state index contributed by atoms with van der Waals surface area (Å²) in [5, 5.41) is 5.63. The van der Waals surface area contributed by atoms with Crippen molar-refractivity contribution in [1.82, 2.24) is 19.7 Å². The molecule has 2 aromatic heterocycles. The van der Waals surface area contributed by atoms with Crippen LogP contribution in [0.4, 0.5) is 5.69 Å². The first-order chi connectivity index (χ1) is 11.2. The summed E-state index contributed by atoms with van der Waals surface area (Å²) in [4.78, 5) is 9.08. The number of aryl methyl sites for hydroxylation is 1. The quantitative estimate of drug-likeness (QED) is 0.576. The van der Waals surface area contributed by atoms with E-state index in [4.69, 9.17) is 5.73 Å². The number of fused-ring (bicyclic) bond motifs is 1. The van der Waals surface area contributed by atoms with Crippen molar-refractivity contribution in [1.29, 1.82) is 0 Å². The SMILES string of the molecule is Cc1nc(-c2cccc(N)c2)n(-c2cccc3cccnc23)n1. The maximum Gasteiger partial charge on any atom is 0.163 e. The number of hydrogen-bond donors (Lipinski definition) is 1. The van der Waals surface area contributed by atoms with Crippen molar-refractivity contribution in [3.8, 4) is 17.1 Å². The van der Waals surface area contributed by atoms with Gasteiger partial charge in [-0.25, -0.2) is 9.67 Å². The van der Waals surface area contributed by atoms with Gasteiger partial charge in [-0.2, -0.15) is 5.10 Å². The molecule has 112 valence electrons. The van der Waals surface area contributed by atoms with Crippen molar-refractivity contribution >= 4 is 16.6 Å². The zero-order chi connectivity index (χ0) is 15.8. The highest BCUT2D eigenvalue weighted by Gasteiger charge is 2.14. The van der Waals surface area contributed by atoms with Crippen molar-refractivity contribution in [2.45, 2.75) is 6.92 Å². The molecule has 5 nitrogen and oxygen atoms in total. The van der Waals surface area contributed by atoms with E-state index in [2.05, 4.69) is 15.1 Å². The van der Waals surface area contributed by atoms with E-state index in [1.165, 1.54) is 0 Å². The summed E-state index contributed by atoms with van der Waals surface area (Å²) >= 11 is 0. The van der Waals surface area contributed by atoms with Gasteiger partial charge in [-0.1, -0.05) is 30.3 Å². The molecule has 2 aromatic carbocycles. The molecule has 2 heterocycles. The average Bonchev–Trinajstić information content (AvgIpc) is 2.96. The maximum atomic E-state index is 5.91. The van der Waals surface area contributed by atoms with Crippen molar-refractivity contribution in [2.75, 3.05) is 5.73 Å². The zero-order valence-electron chi connectivity index (χ0n) is 12.6. The van der Waals surface area contributed by atoms with Gasteiger partial charge in [-0.3, -0.25) is 4.98 Å². The van der Waals surface area contributed by atoms with E-state index in [-0.39, 0.29) is 0 Å². The summed E-state index contributed by atoms with van der Waals surface area (Å²) in [6.07, 6.45) is 1.79. The molecule has 0 amide bonds. The van der Waals surface area contributed by atoms with Crippen LogP contribution >= 0.6 is 0 Å². The lowest BCUT2D eigenvalue weighted by molar-refractivity contribution is 0.873. The Morgan fingerprint density at radius 1 is 1.00 bits per heavy atom. The fourth-order valence-corrected chi connectivity index (χ4v) is 2.71. The van der Waals surface area contributed by atoms with Crippen LogP contribution in [-0.2, 0) is 0 Å². The van der Waals surface area contributed by atoms with Crippen molar-refractivity contribution in [3.63, 3.8) is 0 Å². The number of benzene rings is 2. The molecule has 0 unspecified atom stereocenters. The highest BCUT2D eigenvalue weighted by Crippen LogP contribution is 2.26. The van der Waals surface area contributed by atoms with E-state index in [1.807, 2.05) is 66.2 Å². The molecule has 0 spiro atoms. The van der Waals surface area contributed by atoms with Gasteiger partial charge in [0.25, 0.3) is 0 Å². The summed E-state index contributed by atoms with van der Waals surface area (Å²) in [6, 6.07) is 17.7. The lowest BCUT2D eigenvalue weighted by atomic mass is 10.1.